The van der Waals surface area contributed by atoms with Crippen molar-refractivity contribution < 1.29 is 0 Å². The second kappa shape index (κ2) is 8.37. The fourth-order valence-electron chi connectivity index (χ4n) is 0.710. The lowest BCUT2D eigenvalue weighted by Gasteiger charge is -2.10. The molecule has 0 aromatic rings. The van der Waals surface area contributed by atoms with Gasteiger partial charge in [0.05, 0.1) is 0 Å². The van der Waals surface area contributed by atoms with E-state index in [1.807, 2.05) is 0 Å². The summed E-state index contributed by atoms with van der Waals surface area (Å²) in [5.74, 6) is 4.02. The first kappa shape index (κ1) is 11.3. The van der Waals surface area contributed by atoms with Gasteiger partial charge in [0.2, 0.25) is 0 Å². The molecule has 0 saturated heterocycles. The van der Waals surface area contributed by atoms with Gasteiger partial charge in [-0.1, -0.05) is 17.7 Å². The highest BCUT2D eigenvalue weighted by Crippen LogP contribution is 1.96. The lowest BCUT2D eigenvalue weighted by Crippen LogP contribution is -2.15. The zero-order chi connectivity index (χ0) is 9.23. The molecule has 0 aliphatic rings. The average Bonchev–Trinajstić information content (AvgIpc) is 2.11. The van der Waals surface area contributed by atoms with Gasteiger partial charge in [0.15, 0.2) is 0 Å². The zero-order valence-corrected chi connectivity index (χ0v) is 8.58. The van der Waals surface area contributed by atoms with E-state index in [0.717, 1.165) is 25.3 Å². The van der Waals surface area contributed by atoms with Crippen molar-refractivity contribution in [3.05, 3.63) is 0 Å². The van der Waals surface area contributed by atoms with Crippen molar-refractivity contribution in [3.63, 3.8) is 0 Å². The lowest BCUT2D eigenvalue weighted by molar-refractivity contribution is 0.443. The smallest absolute Gasteiger partial charge is 0.0232 e. The summed E-state index contributed by atoms with van der Waals surface area (Å²) in [5.41, 5.74) is 0. The molecule has 0 saturated carbocycles. The zero-order valence-electron chi connectivity index (χ0n) is 7.76. The van der Waals surface area contributed by atoms with Crippen LogP contribution in [0.4, 0.5) is 0 Å². The normalized spacial score (nSPS) is 8.08. The van der Waals surface area contributed by atoms with Gasteiger partial charge in [-0.3, -0.25) is 0 Å². The molecular formula is C10H15NS. The van der Waals surface area contributed by atoms with Gasteiger partial charge in [0.1, 0.15) is 0 Å². The number of hydrogen-bond donors (Lipinski definition) is 0. The van der Waals surface area contributed by atoms with Crippen molar-refractivity contribution >= 4 is 11.8 Å². The molecule has 66 valence electrons. The number of nitrogens with zero attached hydrogens (tertiary/aromatic N) is 1. The maximum absolute atomic E-state index is 5.08. The Kier molecular flexibility index (Phi) is 7.86. The number of rotatable bonds is 4. The predicted octanol–water partition coefficient (Wildman–Crippen LogP) is 2.00. The maximum atomic E-state index is 5.08. The van der Waals surface area contributed by atoms with Crippen molar-refractivity contribution in [2.75, 3.05) is 18.8 Å². The number of terminal acetylenes is 1. The first-order valence-electron chi connectivity index (χ1n) is 4.16. The fraction of sp³-hybridized carbons (Fsp3) is 0.600. The standard InChI is InChI=1S/C10H15NS/c1-4-11(5-2)9-7-8-10-12-6-3/h3H,4-5,8,10H2,1-2H3. The molecule has 0 atom stereocenters. The van der Waals surface area contributed by atoms with E-state index in [2.05, 4.69) is 36.0 Å². The Balaban J connectivity index is 3.50. The van der Waals surface area contributed by atoms with Crippen molar-refractivity contribution in [1.82, 2.24) is 4.90 Å². The van der Waals surface area contributed by atoms with Gasteiger partial charge in [-0.25, -0.2) is 0 Å². The van der Waals surface area contributed by atoms with Gasteiger partial charge in [-0.2, -0.15) is 0 Å². The van der Waals surface area contributed by atoms with Gasteiger partial charge in [0, 0.05) is 31.3 Å². The average molecular weight is 181 g/mol. The summed E-state index contributed by atoms with van der Waals surface area (Å²) in [7, 11) is 0. The molecule has 0 aromatic heterocycles. The summed E-state index contributed by atoms with van der Waals surface area (Å²) in [5, 5.41) is 2.52. The Labute approximate surface area is 79.9 Å². The molecule has 0 aliphatic heterocycles. The van der Waals surface area contributed by atoms with Crippen LogP contribution in [0.1, 0.15) is 20.3 Å². The molecule has 2 heteroatoms. The third kappa shape index (κ3) is 6.01. The molecule has 0 aromatic carbocycles. The molecule has 12 heavy (non-hydrogen) atoms. The molecule has 0 unspecified atom stereocenters. The second-order valence-corrected chi connectivity index (χ2v) is 3.11. The van der Waals surface area contributed by atoms with Crippen LogP contribution in [0.2, 0.25) is 0 Å². The highest BCUT2D eigenvalue weighted by atomic mass is 32.2. The minimum atomic E-state index is 0.880. The summed E-state index contributed by atoms with van der Waals surface area (Å²) in [6, 6.07) is 3.08. The highest BCUT2D eigenvalue weighted by Gasteiger charge is 1.87. The molecule has 1 nitrogen and oxygen atoms in total. The van der Waals surface area contributed by atoms with Crippen LogP contribution in [0.25, 0.3) is 0 Å². The molecule has 0 aliphatic carbocycles. The van der Waals surface area contributed by atoms with Crippen LogP contribution in [-0.2, 0) is 0 Å². The first-order valence-corrected chi connectivity index (χ1v) is 5.14. The quantitative estimate of drug-likeness (QED) is 0.371. The molecule has 0 heterocycles. The lowest BCUT2D eigenvalue weighted by atomic mass is 10.5. The molecule has 0 rings (SSSR count). The topological polar surface area (TPSA) is 3.24 Å². The Bertz CT molecular complexity index is 190. The minimum absolute atomic E-state index is 0.880. The summed E-state index contributed by atoms with van der Waals surface area (Å²) in [6.45, 7) is 6.19. The minimum Gasteiger partial charge on any atom is -0.333 e. The Hall–Kier alpha value is -0.730. The maximum Gasteiger partial charge on any atom is 0.0232 e. The van der Waals surface area contributed by atoms with E-state index in [1.54, 1.807) is 0 Å². The van der Waals surface area contributed by atoms with Crippen LogP contribution in [0, 0.1) is 23.6 Å². The predicted molar refractivity (Wildman–Crippen MR) is 56.6 cm³/mol. The Morgan fingerprint density at radius 1 is 1.33 bits per heavy atom. The molecular weight excluding hydrogens is 166 g/mol. The number of thioether (sulfide) groups is 1. The first-order chi connectivity index (χ1) is 5.85. The molecule has 0 amide bonds. The van der Waals surface area contributed by atoms with E-state index in [-0.39, 0.29) is 0 Å². The summed E-state index contributed by atoms with van der Waals surface area (Å²) in [4.78, 5) is 2.08. The Morgan fingerprint density at radius 2 is 2.00 bits per heavy atom. The van der Waals surface area contributed by atoms with E-state index in [9.17, 15) is 0 Å². The summed E-state index contributed by atoms with van der Waals surface area (Å²) < 4.78 is 0. The van der Waals surface area contributed by atoms with E-state index in [1.165, 1.54) is 11.8 Å². The van der Waals surface area contributed by atoms with E-state index < -0.39 is 0 Å². The van der Waals surface area contributed by atoms with Gasteiger partial charge in [0.25, 0.3) is 0 Å². The summed E-state index contributed by atoms with van der Waals surface area (Å²) >= 11 is 1.48. The Morgan fingerprint density at radius 3 is 2.50 bits per heavy atom. The molecule has 0 spiro atoms. The largest absolute Gasteiger partial charge is 0.333 e. The second-order valence-electron chi connectivity index (χ2n) is 2.18. The van der Waals surface area contributed by atoms with Crippen molar-refractivity contribution in [2.24, 2.45) is 0 Å². The third-order valence-electron chi connectivity index (χ3n) is 1.41. The van der Waals surface area contributed by atoms with Crippen molar-refractivity contribution in [2.45, 2.75) is 20.3 Å². The molecule has 0 bridgehead atoms. The van der Waals surface area contributed by atoms with Gasteiger partial charge in [-0.15, -0.1) is 6.42 Å². The van der Waals surface area contributed by atoms with Crippen LogP contribution in [-0.4, -0.2) is 23.7 Å². The molecule has 0 radical (unpaired) electrons. The SMILES string of the molecule is C#CSCCC#CN(CC)CC. The van der Waals surface area contributed by atoms with E-state index in [4.69, 9.17) is 6.42 Å². The van der Waals surface area contributed by atoms with Crippen LogP contribution in [0.5, 0.6) is 0 Å². The van der Waals surface area contributed by atoms with Crippen molar-refractivity contribution in [1.29, 1.82) is 0 Å². The van der Waals surface area contributed by atoms with Crippen LogP contribution < -0.4 is 0 Å². The van der Waals surface area contributed by atoms with Gasteiger partial charge in [-0.05, 0) is 19.1 Å². The summed E-state index contributed by atoms with van der Waals surface area (Å²) in [6.07, 6.45) is 5.96. The van der Waals surface area contributed by atoms with Gasteiger partial charge < -0.3 is 4.90 Å². The monoisotopic (exact) mass is 181 g/mol. The molecule has 0 fully saturated rings. The van der Waals surface area contributed by atoms with Crippen LogP contribution in [0.3, 0.4) is 0 Å². The number of hydrogen-bond acceptors (Lipinski definition) is 2. The third-order valence-corrected chi connectivity index (χ3v) is 1.99. The fourth-order valence-corrected chi connectivity index (χ4v) is 1.03. The van der Waals surface area contributed by atoms with Crippen LogP contribution in [0.15, 0.2) is 0 Å². The van der Waals surface area contributed by atoms with E-state index >= 15 is 0 Å². The van der Waals surface area contributed by atoms with Gasteiger partial charge >= 0.3 is 0 Å². The van der Waals surface area contributed by atoms with E-state index in [0.29, 0.717) is 0 Å². The van der Waals surface area contributed by atoms with Crippen LogP contribution >= 0.6 is 11.8 Å². The van der Waals surface area contributed by atoms with Crippen molar-refractivity contribution in [3.8, 4) is 23.6 Å². The highest BCUT2D eigenvalue weighted by molar-refractivity contribution is 8.03. The molecule has 0 N–H and O–H groups in total.